The number of hydrogen-bond acceptors (Lipinski definition) is 3. The van der Waals surface area contributed by atoms with Gasteiger partial charge in [-0.25, -0.2) is 5.10 Å². The van der Waals surface area contributed by atoms with E-state index in [4.69, 9.17) is 0 Å². The Morgan fingerprint density at radius 1 is 1.22 bits per heavy atom. The normalized spacial score (nSPS) is 11.8. The molecule has 0 aliphatic heterocycles. The maximum atomic E-state index is 11.8. The number of carbonyl (C=O) groups excluding carboxylic acids is 1. The number of hydrogen-bond donors (Lipinski definition) is 2. The number of rotatable bonds is 3. The fraction of sp³-hybridized carbons (Fsp3) is 0.154. The van der Waals surface area contributed by atoms with Crippen molar-refractivity contribution >= 4 is 5.91 Å². The van der Waals surface area contributed by atoms with Crippen LogP contribution in [0.2, 0.25) is 0 Å². The number of H-pyrrole nitrogens is 1. The van der Waals surface area contributed by atoms with Crippen LogP contribution in [0, 0.1) is 0 Å². The summed E-state index contributed by atoms with van der Waals surface area (Å²) in [5.74, 6) is -0.317. The van der Waals surface area contributed by atoms with Crippen molar-refractivity contribution < 1.29 is 4.79 Å². The highest BCUT2D eigenvalue weighted by Crippen LogP contribution is 2.11. The van der Waals surface area contributed by atoms with E-state index < -0.39 is 0 Å². The molecule has 0 aliphatic carbocycles. The van der Waals surface area contributed by atoms with Gasteiger partial charge in [0.2, 0.25) is 0 Å². The molecule has 0 saturated heterocycles. The Morgan fingerprint density at radius 2 is 1.94 bits per heavy atom. The van der Waals surface area contributed by atoms with Gasteiger partial charge >= 0.3 is 0 Å². The molecule has 1 aromatic carbocycles. The van der Waals surface area contributed by atoms with E-state index >= 15 is 0 Å². The summed E-state index contributed by atoms with van der Waals surface area (Å²) in [6.07, 6.45) is 0. The molecule has 1 atom stereocenters. The third-order valence-corrected chi connectivity index (χ3v) is 2.56. The number of benzene rings is 1. The van der Waals surface area contributed by atoms with E-state index in [0.29, 0.717) is 0 Å². The monoisotopic (exact) mass is 243 g/mol. The summed E-state index contributed by atoms with van der Waals surface area (Å²) in [7, 11) is 0. The van der Waals surface area contributed by atoms with Crippen molar-refractivity contribution in [1.29, 1.82) is 0 Å². The minimum absolute atomic E-state index is 0.118. The van der Waals surface area contributed by atoms with Crippen LogP contribution in [0.15, 0.2) is 47.3 Å². The SMILES string of the molecule is C[C@@H](NC(=O)c1ccc(=O)[nH]n1)c1ccccc1. The summed E-state index contributed by atoms with van der Waals surface area (Å²) in [6.45, 7) is 1.89. The summed E-state index contributed by atoms with van der Waals surface area (Å²) in [6, 6.07) is 12.2. The zero-order valence-corrected chi connectivity index (χ0v) is 9.88. The average molecular weight is 243 g/mol. The summed E-state index contributed by atoms with van der Waals surface area (Å²) in [5.41, 5.74) is 0.871. The van der Waals surface area contributed by atoms with E-state index in [-0.39, 0.29) is 23.2 Å². The Balaban J connectivity index is 2.08. The Bertz CT molecular complexity index is 572. The molecule has 0 unspecified atom stereocenters. The lowest BCUT2D eigenvalue weighted by Gasteiger charge is -2.13. The van der Waals surface area contributed by atoms with E-state index in [1.165, 1.54) is 12.1 Å². The summed E-state index contributed by atoms with van der Waals surface area (Å²) in [4.78, 5) is 22.7. The molecule has 92 valence electrons. The van der Waals surface area contributed by atoms with Crippen LogP contribution in [0.1, 0.15) is 29.0 Å². The van der Waals surface area contributed by atoms with Crippen molar-refractivity contribution in [2.75, 3.05) is 0 Å². The van der Waals surface area contributed by atoms with Crippen LogP contribution >= 0.6 is 0 Å². The largest absolute Gasteiger partial charge is 0.344 e. The van der Waals surface area contributed by atoms with Crippen molar-refractivity contribution in [2.24, 2.45) is 0 Å². The Kier molecular flexibility index (Phi) is 3.52. The number of aromatic nitrogens is 2. The van der Waals surface area contributed by atoms with Gasteiger partial charge in [-0.2, -0.15) is 5.10 Å². The van der Waals surface area contributed by atoms with Crippen molar-refractivity contribution in [1.82, 2.24) is 15.5 Å². The first-order valence-electron chi connectivity index (χ1n) is 5.58. The lowest BCUT2D eigenvalue weighted by molar-refractivity contribution is 0.0933. The first kappa shape index (κ1) is 12.0. The number of nitrogens with one attached hydrogen (secondary N) is 2. The molecular formula is C13H13N3O2. The van der Waals surface area contributed by atoms with Gasteiger partial charge in [0.05, 0.1) is 6.04 Å². The van der Waals surface area contributed by atoms with Gasteiger partial charge in [0.1, 0.15) is 5.69 Å². The molecule has 0 bridgehead atoms. The molecule has 0 saturated carbocycles. The second-order valence-electron chi connectivity index (χ2n) is 3.91. The molecule has 1 aromatic heterocycles. The zero-order valence-electron chi connectivity index (χ0n) is 9.88. The second kappa shape index (κ2) is 5.27. The zero-order chi connectivity index (χ0) is 13.0. The molecule has 2 N–H and O–H groups in total. The molecule has 0 spiro atoms. The van der Waals surface area contributed by atoms with Gasteiger partial charge < -0.3 is 5.32 Å². The highest BCUT2D eigenvalue weighted by atomic mass is 16.2. The van der Waals surface area contributed by atoms with E-state index in [1.807, 2.05) is 37.3 Å². The van der Waals surface area contributed by atoms with Crippen LogP contribution in [0.3, 0.4) is 0 Å². The molecule has 0 aliphatic rings. The summed E-state index contributed by atoms with van der Waals surface area (Å²) < 4.78 is 0. The van der Waals surface area contributed by atoms with E-state index in [2.05, 4.69) is 15.5 Å². The third-order valence-electron chi connectivity index (χ3n) is 2.56. The Hall–Kier alpha value is -2.43. The highest BCUT2D eigenvalue weighted by Gasteiger charge is 2.12. The Labute approximate surface area is 104 Å². The number of aromatic amines is 1. The topological polar surface area (TPSA) is 74.8 Å². The summed E-state index contributed by atoms with van der Waals surface area (Å²) in [5, 5.41) is 8.71. The molecule has 1 heterocycles. The summed E-state index contributed by atoms with van der Waals surface area (Å²) >= 11 is 0. The maximum Gasteiger partial charge on any atom is 0.272 e. The molecule has 2 aromatic rings. The molecule has 5 nitrogen and oxygen atoms in total. The quantitative estimate of drug-likeness (QED) is 0.852. The van der Waals surface area contributed by atoms with Crippen LogP contribution in [0.5, 0.6) is 0 Å². The van der Waals surface area contributed by atoms with Crippen LogP contribution in [0.25, 0.3) is 0 Å². The van der Waals surface area contributed by atoms with E-state index in [0.717, 1.165) is 5.56 Å². The highest BCUT2D eigenvalue weighted by molar-refractivity contribution is 5.92. The van der Waals surface area contributed by atoms with Crippen molar-refractivity contribution in [3.8, 4) is 0 Å². The van der Waals surface area contributed by atoms with Gasteiger partial charge in [0, 0.05) is 6.07 Å². The molecule has 18 heavy (non-hydrogen) atoms. The van der Waals surface area contributed by atoms with Crippen LogP contribution < -0.4 is 10.9 Å². The predicted molar refractivity (Wildman–Crippen MR) is 67.2 cm³/mol. The van der Waals surface area contributed by atoms with Crippen LogP contribution in [-0.2, 0) is 0 Å². The Morgan fingerprint density at radius 3 is 2.56 bits per heavy atom. The van der Waals surface area contributed by atoms with Gasteiger partial charge in [0.25, 0.3) is 11.5 Å². The first-order chi connectivity index (χ1) is 8.66. The van der Waals surface area contributed by atoms with Gasteiger partial charge in [-0.05, 0) is 18.6 Å². The minimum Gasteiger partial charge on any atom is -0.344 e. The lowest BCUT2D eigenvalue weighted by atomic mass is 10.1. The van der Waals surface area contributed by atoms with Gasteiger partial charge in [-0.15, -0.1) is 0 Å². The van der Waals surface area contributed by atoms with Gasteiger partial charge in [0.15, 0.2) is 0 Å². The number of carbonyl (C=O) groups is 1. The lowest BCUT2D eigenvalue weighted by Crippen LogP contribution is -2.28. The fourth-order valence-electron chi connectivity index (χ4n) is 1.57. The van der Waals surface area contributed by atoms with Crippen molar-refractivity contribution in [3.05, 3.63) is 64.1 Å². The standard InChI is InChI=1S/C13H13N3O2/c1-9(10-5-3-2-4-6-10)14-13(18)11-7-8-12(17)16-15-11/h2-9H,1H3,(H,14,18)(H,16,17)/t9-/m1/s1. The van der Waals surface area contributed by atoms with E-state index in [1.54, 1.807) is 0 Å². The molecule has 0 fully saturated rings. The molecule has 1 amide bonds. The molecule has 2 rings (SSSR count). The van der Waals surface area contributed by atoms with Gasteiger partial charge in [-0.1, -0.05) is 30.3 Å². The van der Waals surface area contributed by atoms with Crippen molar-refractivity contribution in [3.63, 3.8) is 0 Å². The van der Waals surface area contributed by atoms with Crippen molar-refractivity contribution in [2.45, 2.75) is 13.0 Å². The second-order valence-corrected chi connectivity index (χ2v) is 3.91. The molecule has 0 radical (unpaired) electrons. The minimum atomic E-state index is -0.331. The fourth-order valence-corrected chi connectivity index (χ4v) is 1.57. The number of amides is 1. The predicted octanol–water partition coefficient (Wildman–Crippen LogP) is 1.26. The molecule has 5 heteroatoms. The van der Waals surface area contributed by atoms with Crippen LogP contribution in [0.4, 0.5) is 0 Å². The smallest absolute Gasteiger partial charge is 0.272 e. The maximum absolute atomic E-state index is 11.8. The van der Waals surface area contributed by atoms with Gasteiger partial charge in [-0.3, -0.25) is 9.59 Å². The average Bonchev–Trinajstić information content (AvgIpc) is 2.40. The van der Waals surface area contributed by atoms with E-state index in [9.17, 15) is 9.59 Å². The first-order valence-corrected chi connectivity index (χ1v) is 5.58. The number of nitrogens with zero attached hydrogens (tertiary/aromatic N) is 1. The molecular weight excluding hydrogens is 230 g/mol. The third kappa shape index (κ3) is 2.82. The van der Waals surface area contributed by atoms with Crippen LogP contribution in [-0.4, -0.2) is 16.1 Å².